The van der Waals surface area contributed by atoms with Crippen LogP contribution in [0.25, 0.3) is 0 Å². The maximum atomic E-state index is 12.2. The molecule has 1 fully saturated rings. The van der Waals surface area contributed by atoms with Gasteiger partial charge in [-0.05, 0) is 66.7 Å². The quantitative estimate of drug-likeness (QED) is 0.510. The molecule has 3 rings (SSSR count). The number of aliphatic hydroxyl groups excluding tert-OH is 1. The Bertz CT molecular complexity index is 840. The number of benzene rings is 1. The molecule has 2 heterocycles. The van der Waals surface area contributed by atoms with Crippen molar-refractivity contribution in [3.05, 3.63) is 23.3 Å². The number of ether oxygens (including phenoxy) is 3. The van der Waals surface area contributed by atoms with Crippen LogP contribution in [0.4, 0.5) is 0 Å². The third kappa shape index (κ3) is 6.18. The standard InChI is InChI=1S/C25H37NO7/c1-15(2)9-17-13-26-8-7-16-11-22(31-3)23(32-4)12-19(16)20(26)10-18(17)14-33-24(28)6-5-21(27)25(29)30/h11-12,15,17-18,20-21,27H,5-10,13-14H2,1-4H3,(H,29,30)/t17-,18+,20-,21?/m1/s1. The normalized spacial score (nSPS) is 23.4. The van der Waals surface area contributed by atoms with Crippen molar-refractivity contribution in [1.29, 1.82) is 0 Å². The summed E-state index contributed by atoms with van der Waals surface area (Å²) in [5.74, 6) is 0.847. The third-order valence-electron chi connectivity index (χ3n) is 6.91. The fraction of sp³-hybridized carbons (Fsp3) is 0.680. The number of fused-ring (bicyclic) bond motifs is 3. The number of methoxy groups -OCH3 is 2. The van der Waals surface area contributed by atoms with Gasteiger partial charge in [0.1, 0.15) is 0 Å². The van der Waals surface area contributed by atoms with E-state index in [1.165, 1.54) is 11.1 Å². The summed E-state index contributed by atoms with van der Waals surface area (Å²) in [7, 11) is 3.30. The van der Waals surface area contributed by atoms with Crippen LogP contribution < -0.4 is 9.47 Å². The van der Waals surface area contributed by atoms with Gasteiger partial charge in [0.15, 0.2) is 17.6 Å². The molecule has 2 aliphatic rings. The monoisotopic (exact) mass is 463 g/mol. The van der Waals surface area contributed by atoms with Crippen molar-refractivity contribution in [1.82, 2.24) is 4.90 Å². The van der Waals surface area contributed by atoms with Crippen molar-refractivity contribution in [3.8, 4) is 11.5 Å². The van der Waals surface area contributed by atoms with Crippen LogP contribution in [0.3, 0.4) is 0 Å². The van der Waals surface area contributed by atoms with E-state index in [2.05, 4.69) is 30.9 Å². The van der Waals surface area contributed by atoms with Gasteiger partial charge in [-0.3, -0.25) is 9.69 Å². The molecule has 184 valence electrons. The van der Waals surface area contributed by atoms with Gasteiger partial charge in [-0.15, -0.1) is 0 Å². The highest BCUT2D eigenvalue weighted by atomic mass is 16.5. The second-order valence-corrected chi connectivity index (χ2v) is 9.63. The predicted octanol–water partition coefficient (Wildman–Crippen LogP) is 3.05. The van der Waals surface area contributed by atoms with Gasteiger partial charge in [0, 0.05) is 25.6 Å². The fourth-order valence-electron chi connectivity index (χ4n) is 5.23. The molecule has 1 saturated heterocycles. The Labute approximate surface area is 195 Å². The van der Waals surface area contributed by atoms with E-state index in [9.17, 15) is 14.7 Å². The molecule has 0 bridgehead atoms. The average Bonchev–Trinajstić information content (AvgIpc) is 2.79. The van der Waals surface area contributed by atoms with Gasteiger partial charge in [-0.1, -0.05) is 13.8 Å². The van der Waals surface area contributed by atoms with E-state index in [-0.39, 0.29) is 24.8 Å². The molecule has 8 nitrogen and oxygen atoms in total. The molecule has 0 radical (unpaired) electrons. The number of carboxylic acid groups (broad SMARTS) is 1. The maximum Gasteiger partial charge on any atom is 0.332 e. The lowest BCUT2D eigenvalue weighted by Crippen LogP contribution is -2.47. The van der Waals surface area contributed by atoms with Gasteiger partial charge in [0.05, 0.1) is 20.8 Å². The van der Waals surface area contributed by atoms with Crippen LogP contribution in [-0.4, -0.2) is 67.1 Å². The Morgan fingerprint density at radius 2 is 1.85 bits per heavy atom. The molecule has 0 saturated carbocycles. The molecule has 33 heavy (non-hydrogen) atoms. The lowest BCUT2D eigenvalue weighted by molar-refractivity contribution is -0.150. The van der Waals surface area contributed by atoms with Crippen LogP contribution in [-0.2, 0) is 20.7 Å². The second-order valence-electron chi connectivity index (χ2n) is 9.63. The number of carbonyl (C=O) groups is 2. The first-order chi connectivity index (χ1) is 15.7. The van der Waals surface area contributed by atoms with E-state index in [4.69, 9.17) is 19.3 Å². The first kappa shape index (κ1) is 25.3. The zero-order chi connectivity index (χ0) is 24.1. The lowest BCUT2D eigenvalue weighted by Gasteiger charge is -2.47. The van der Waals surface area contributed by atoms with Crippen LogP contribution in [0, 0.1) is 17.8 Å². The van der Waals surface area contributed by atoms with E-state index in [0.717, 1.165) is 43.9 Å². The van der Waals surface area contributed by atoms with Crippen LogP contribution in [0.2, 0.25) is 0 Å². The molecular formula is C25H37NO7. The minimum Gasteiger partial charge on any atom is -0.493 e. The number of carboxylic acids is 1. The second kappa shape index (κ2) is 11.2. The molecule has 4 atom stereocenters. The Balaban J connectivity index is 1.73. The molecule has 1 aromatic carbocycles. The Morgan fingerprint density at radius 3 is 2.48 bits per heavy atom. The van der Waals surface area contributed by atoms with Gasteiger partial charge < -0.3 is 24.4 Å². The topological polar surface area (TPSA) is 106 Å². The van der Waals surface area contributed by atoms with Crippen LogP contribution >= 0.6 is 0 Å². The molecule has 8 heteroatoms. The van der Waals surface area contributed by atoms with Crippen molar-refractivity contribution in [2.24, 2.45) is 17.8 Å². The van der Waals surface area contributed by atoms with Gasteiger partial charge in [-0.2, -0.15) is 0 Å². The van der Waals surface area contributed by atoms with Crippen LogP contribution in [0.15, 0.2) is 12.1 Å². The molecule has 1 aromatic rings. The smallest absolute Gasteiger partial charge is 0.332 e. The minimum atomic E-state index is -1.54. The van der Waals surface area contributed by atoms with Gasteiger partial charge in [-0.25, -0.2) is 4.79 Å². The third-order valence-corrected chi connectivity index (χ3v) is 6.91. The number of nitrogens with zero attached hydrogens (tertiary/aromatic N) is 1. The van der Waals surface area contributed by atoms with Crippen molar-refractivity contribution < 1.29 is 34.0 Å². The van der Waals surface area contributed by atoms with Crippen molar-refractivity contribution in [2.75, 3.05) is 33.9 Å². The number of esters is 1. The number of hydrogen-bond donors (Lipinski definition) is 2. The number of aliphatic hydroxyl groups is 1. The number of hydrogen-bond acceptors (Lipinski definition) is 7. The van der Waals surface area contributed by atoms with E-state index in [0.29, 0.717) is 18.4 Å². The Kier molecular flexibility index (Phi) is 8.59. The molecular weight excluding hydrogens is 426 g/mol. The fourth-order valence-corrected chi connectivity index (χ4v) is 5.23. The van der Waals surface area contributed by atoms with Crippen LogP contribution in [0.5, 0.6) is 11.5 Å². The number of aliphatic carboxylic acids is 1. The molecule has 0 aliphatic carbocycles. The SMILES string of the molecule is COc1cc2c(cc1OC)[C@H]1C[C@@H](COC(=O)CCC(O)C(=O)O)[C@H](CC(C)C)CN1CC2. The van der Waals surface area contributed by atoms with Gasteiger partial charge in [0.25, 0.3) is 0 Å². The summed E-state index contributed by atoms with van der Waals surface area (Å²) in [4.78, 5) is 25.5. The number of carbonyl (C=O) groups excluding carboxylic acids is 1. The van der Waals surface area contributed by atoms with Gasteiger partial charge >= 0.3 is 11.9 Å². The Hall–Kier alpha value is -2.32. The van der Waals surface area contributed by atoms with Crippen molar-refractivity contribution in [2.45, 2.75) is 58.1 Å². The summed E-state index contributed by atoms with van der Waals surface area (Å²) >= 11 is 0. The Morgan fingerprint density at radius 1 is 1.15 bits per heavy atom. The minimum absolute atomic E-state index is 0.107. The summed E-state index contributed by atoms with van der Waals surface area (Å²) in [5.41, 5.74) is 2.53. The highest BCUT2D eigenvalue weighted by Gasteiger charge is 2.40. The first-order valence-electron chi connectivity index (χ1n) is 11.8. The number of piperidine rings is 1. The van der Waals surface area contributed by atoms with E-state index in [1.54, 1.807) is 14.2 Å². The zero-order valence-electron chi connectivity index (χ0n) is 20.1. The lowest BCUT2D eigenvalue weighted by atomic mass is 9.74. The predicted molar refractivity (Wildman–Crippen MR) is 122 cm³/mol. The molecule has 2 N–H and O–H groups in total. The zero-order valence-corrected chi connectivity index (χ0v) is 20.1. The average molecular weight is 464 g/mol. The van der Waals surface area contributed by atoms with Gasteiger partial charge in [0.2, 0.25) is 0 Å². The highest BCUT2D eigenvalue weighted by molar-refractivity contribution is 5.74. The van der Waals surface area contributed by atoms with Crippen molar-refractivity contribution >= 4 is 11.9 Å². The van der Waals surface area contributed by atoms with E-state index in [1.807, 2.05) is 0 Å². The highest BCUT2D eigenvalue weighted by Crippen LogP contribution is 2.45. The molecule has 1 unspecified atom stereocenters. The summed E-state index contributed by atoms with van der Waals surface area (Å²) in [6.45, 7) is 6.68. The molecule has 2 aliphatic heterocycles. The van der Waals surface area contributed by atoms with E-state index >= 15 is 0 Å². The van der Waals surface area contributed by atoms with Crippen LogP contribution in [0.1, 0.15) is 56.7 Å². The molecule has 0 aromatic heterocycles. The largest absolute Gasteiger partial charge is 0.493 e. The first-order valence-corrected chi connectivity index (χ1v) is 11.8. The summed E-state index contributed by atoms with van der Waals surface area (Å²) in [5, 5.41) is 18.2. The summed E-state index contributed by atoms with van der Waals surface area (Å²) in [6.07, 6.45) is 1.11. The number of rotatable bonds is 10. The van der Waals surface area contributed by atoms with E-state index < -0.39 is 18.0 Å². The van der Waals surface area contributed by atoms with Crippen molar-refractivity contribution in [3.63, 3.8) is 0 Å². The summed E-state index contributed by atoms with van der Waals surface area (Å²) < 4.78 is 16.6. The summed E-state index contributed by atoms with van der Waals surface area (Å²) in [6, 6.07) is 4.40. The maximum absolute atomic E-state index is 12.2. The molecule has 0 spiro atoms. The molecule has 0 amide bonds.